The third kappa shape index (κ3) is 66.5. The molecule has 2 unspecified atom stereocenters. The fourth-order valence-electron chi connectivity index (χ4n) is 10.9. The third-order valence-electron chi connectivity index (χ3n) is 16.7. The Morgan fingerprint density at radius 1 is 0.297 bits per heavy atom. The number of phosphoric ester groups is 2. The van der Waals surface area contributed by atoms with Gasteiger partial charge in [0.1, 0.15) is 19.3 Å². The number of aliphatic hydroxyl groups excluding tert-OH is 1. The van der Waals surface area contributed by atoms with Crippen LogP contribution in [0.3, 0.4) is 0 Å². The molecule has 5 atom stereocenters. The van der Waals surface area contributed by atoms with Crippen molar-refractivity contribution >= 4 is 39.5 Å². The molecule has 0 spiro atoms. The third-order valence-corrected chi connectivity index (χ3v) is 18.6. The van der Waals surface area contributed by atoms with E-state index < -0.39 is 97.5 Å². The highest BCUT2D eigenvalue weighted by atomic mass is 31.2. The lowest BCUT2D eigenvalue weighted by molar-refractivity contribution is -0.161. The van der Waals surface area contributed by atoms with Gasteiger partial charge in [0.05, 0.1) is 26.4 Å². The van der Waals surface area contributed by atoms with Crippen LogP contribution in [0.15, 0.2) is 0 Å². The van der Waals surface area contributed by atoms with Gasteiger partial charge in [-0.15, -0.1) is 0 Å². The van der Waals surface area contributed by atoms with E-state index in [0.29, 0.717) is 31.6 Å². The highest BCUT2D eigenvalue weighted by Gasteiger charge is 2.30. The van der Waals surface area contributed by atoms with Gasteiger partial charge in [-0.3, -0.25) is 37.3 Å². The Bertz CT molecular complexity index is 1770. The Morgan fingerprint density at radius 3 is 0.747 bits per heavy atom. The van der Waals surface area contributed by atoms with Gasteiger partial charge in [0.2, 0.25) is 0 Å². The minimum absolute atomic E-state index is 0.105. The quantitative estimate of drug-likeness (QED) is 0.0222. The lowest BCUT2D eigenvalue weighted by atomic mass is 10.0. The molecule has 0 bridgehead atoms. The van der Waals surface area contributed by atoms with E-state index in [1.54, 1.807) is 0 Å². The first-order valence-electron chi connectivity index (χ1n) is 37.5. The summed E-state index contributed by atoms with van der Waals surface area (Å²) in [6, 6.07) is 0. The maximum absolute atomic E-state index is 13.0. The molecule has 540 valence electrons. The van der Waals surface area contributed by atoms with Gasteiger partial charge >= 0.3 is 39.5 Å². The maximum Gasteiger partial charge on any atom is 0.472 e. The highest BCUT2D eigenvalue weighted by Crippen LogP contribution is 2.45. The second kappa shape index (κ2) is 64.1. The number of phosphoric acid groups is 2. The summed E-state index contributed by atoms with van der Waals surface area (Å²) < 4.78 is 68.3. The zero-order valence-corrected chi connectivity index (χ0v) is 60.9. The smallest absolute Gasteiger partial charge is 0.462 e. The van der Waals surface area contributed by atoms with Crippen LogP contribution in [0.25, 0.3) is 0 Å². The van der Waals surface area contributed by atoms with Gasteiger partial charge in [0.15, 0.2) is 12.2 Å². The van der Waals surface area contributed by atoms with Crippen LogP contribution in [-0.4, -0.2) is 96.7 Å². The largest absolute Gasteiger partial charge is 0.472 e. The van der Waals surface area contributed by atoms with E-state index in [4.69, 9.17) is 37.0 Å². The molecule has 0 aliphatic rings. The highest BCUT2D eigenvalue weighted by molar-refractivity contribution is 7.47. The molecule has 0 aromatic carbocycles. The number of esters is 4. The van der Waals surface area contributed by atoms with Crippen molar-refractivity contribution in [2.24, 2.45) is 11.8 Å². The normalized spacial score (nSPS) is 14.1. The van der Waals surface area contributed by atoms with Gasteiger partial charge in [0, 0.05) is 25.7 Å². The Morgan fingerprint density at radius 2 is 0.505 bits per heavy atom. The zero-order chi connectivity index (χ0) is 67.2. The SMILES string of the molecule is CCCCCCCCCCCCCCCCCCCCC(=O)O[C@H](COC(=O)CCCCCCCCCCCCCC(C)C)COP(=O)(O)OC[C@@H](O)COP(=O)(O)OC[C@@H](COC(=O)CCCCCCCCC(C)C)OC(=O)CCCCCCCCCCCC. The standard InChI is InChI=1S/C72H140O17P2/c1-7-9-11-13-15-17-19-20-21-22-23-24-25-28-33-37-45-51-57-72(77)88-67(60-82-69(74)54-48-42-35-32-29-26-27-30-34-40-46-52-64(3)4)62-86-90(78,79)84-58-66(73)59-85-91(80,81)87-63-68(61-83-70(75)55-49-43-39-38-41-47-53-65(5)6)89-71(76)56-50-44-36-31-18-16-14-12-10-8-2/h64-68,73H,7-63H2,1-6H3,(H,78,79)(H,80,81)/t66-,67-,68-/m1/s1. The van der Waals surface area contributed by atoms with Crippen LogP contribution in [-0.2, 0) is 65.4 Å². The predicted octanol–water partition coefficient (Wildman–Crippen LogP) is 20.8. The molecule has 0 amide bonds. The van der Waals surface area contributed by atoms with Crippen molar-refractivity contribution in [3.63, 3.8) is 0 Å². The lowest BCUT2D eigenvalue weighted by Gasteiger charge is -2.21. The van der Waals surface area contributed by atoms with E-state index >= 15 is 0 Å². The average molecular weight is 1340 g/mol. The van der Waals surface area contributed by atoms with E-state index in [2.05, 4.69) is 41.5 Å². The van der Waals surface area contributed by atoms with E-state index in [1.807, 2.05) is 0 Å². The van der Waals surface area contributed by atoms with E-state index in [9.17, 15) is 43.2 Å². The van der Waals surface area contributed by atoms with E-state index in [0.717, 1.165) is 102 Å². The fourth-order valence-corrected chi connectivity index (χ4v) is 12.5. The summed E-state index contributed by atoms with van der Waals surface area (Å²) in [6.45, 7) is 9.48. The molecule has 0 radical (unpaired) electrons. The second-order valence-corrected chi connectivity index (χ2v) is 29.8. The van der Waals surface area contributed by atoms with Crippen molar-refractivity contribution in [3.8, 4) is 0 Å². The molecule has 19 heteroatoms. The van der Waals surface area contributed by atoms with Crippen molar-refractivity contribution < 1.29 is 80.2 Å². The van der Waals surface area contributed by atoms with Crippen LogP contribution in [0.2, 0.25) is 0 Å². The van der Waals surface area contributed by atoms with E-state index in [1.165, 1.54) is 180 Å². The number of ether oxygens (including phenoxy) is 4. The molecule has 0 aromatic heterocycles. The molecule has 91 heavy (non-hydrogen) atoms. The first kappa shape index (κ1) is 89.1. The van der Waals surface area contributed by atoms with Gasteiger partial charge < -0.3 is 33.8 Å². The zero-order valence-electron chi connectivity index (χ0n) is 59.1. The summed E-state index contributed by atoms with van der Waals surface area (Å²) >= 11 is 0. The summed E-state index contributed by atoms with van der Waals surface area (Å²) in [4.78, 5) is 72.5. The summed E-state index contributed by atoms with van der Waals surface area (Å²) in [5.74, 6) is -0.672. The Labute approximate surface area is 556 Å². The Balaban J connectivity index is 5.21. The van der Waals surface area contributed by atoms with Crippen LogP contribution in [0, 0.1) is 11.8 Å². The molecule has 0 heterocycles. The number of aliphatic hydroxyl groups is 1. The molecule has 0 saturated heterocycles. The van der Waals surface area contributed by atoms with Crippen molar-refractivity contribution in [2.75, 3.05) is 39.6 Å². The van der Waals surface area contributed by atoms with Crippen molar-refractivity contribution in [3.05, 3.63) is 0 Å². The molecular formula is C72H140O17P2. The van der Waals surface area contributed by atoms with Gasteiger partial charge in [-0.25, -0.2) is 9.13 Å². The molecule has 0 rings (SSSR count). The fraction of sp³-hybridized carbons (Fsp3) is 0.944. The second-order valence-electron chi connectivity index (χ2n) is 26.9. The number of rotatable bonds is 71. The number of carbonyl (C=O) groups is 4. The number of carbonyl (C=O) groups excluding carboxylic acids is 4. The number of hydrogen-bond acceptors (Lipinski definition) is 15. The number of hydrogen-bond donors (Lipinski definition) is 3. The minimum Gasteiger partial charge on any atom is -0.462 e. The van der Waals surface area contributed by atoms with Gasteiger partial charge in [-0.2, -0.15) is 0 Å². The first-order chi connectivity index (χ1) is 43.9. The van der Waals surface area contributed by atoms with Crippen LogP contribution in [0.5, 0.6) is 0 Å². The van der Waals surface area contributed by atoms with Gasteiger partial charge in [-0.05, 0) is 37.5 Å². The van der Waals surface area contributed by atoms with Crippen LogP contribution in [0.1, 0.15) is 369 Å². The van der Waals surface area contributed by atoms with Crippen molar-refractivity contribution in [1.82, 2.24) is 0 Å². The molecule has 17 nitrogen and oxygen atoms in total. The van der Waals surface area contributed by atoms with E-state index in [-0.39, 0.29) is 25.7 Å². The van der Waals surface area contributed by atoms with Crippen molar-refractivity contribution in [1.29, 1.82) is 0 Å². The molecule has 0 aromatic rings. The average Bonchev–Trinajstić information content (AvgIpc) is 3.13. The summed E-state index contributed by atoms with van der Waals surface area (Å²) in [5, 5.41) is 10.6. The molecule has 0 saturated carbocycles. The van der Waals surface area contributed by atoms with Gasteiger partial charge in [-0.1, -0.05) is 318 Å². The van der Waals surface area contributed by atoms with Crippen LogP contribution in [0.4, 0.5) is 0 Å². The predicted molar refractivity (Wildman–Crippen MR) is 368 cm³/mol. The lowest BCUT2D eigenvalue weighted by Crippen LogP contribution is -2.30. The first-order valence-corrected chi connectivity index (χ1v) is 40.5. The minimum atomic E-state index is -4.95. The summed E-state index contributed by atoms with van der Waals surface area (Å²) in [6.07, 6.45) is 50.1. The molecule has 3 N–H and O–H groups in total. The Hall–Kier alpha value is -1.94. The number of unbranched alkanes of at least 4 members (excludes halogenated alkanes) is 41. The molecule has 0 aliphatic heterocycles. The molecular weight excluding hydrogens is 1200 g/mol. The Kier molecular flexibility index (Phi) is 62.7. The summed E-state index contributed by atoms with van der Waals surface area (Å²) in [5.41, 5.74) is 0. The van der Waals surface area contributed by atoms with Gasteiger partial charge in [0.25, 0.3) is 0 Å². The summed E-state index contributed by atoms with van der Waals surface area (Å²) in [7, 11) is -9.90. The van der Waals surface area contributed by atoms with Crippen LogP contribution < -0.4 is 0 Å². The maximum atomic E-state index is 13.0. The van der Waals surface area contributed by atoms with Crippen LogP contribution >= 0.6 is 15.6 Å². The molecule has 0 aliphatic carbocycles. The van der Waals surface area contributed by atoms with Crippen molar-refractivity contribution in [2.45, 2.75) is 387 Å². The topological polar surface area (TPSA) is 237 Å². The monoisotopic (exact) mass is 1340 g/mol. The molecule has 0 fully saturated rings.